The topological polar surface area (TPSA) is 92.8 Å². The van der Waals surface area contributed by atoms with E-state index in [1.165, 1.54) is 7.05 Å². The molecule has 0 spiro atoms. The van der Waals surface area contributed by atoms with Crippen LogP contribution in [0.15, 0.2) is 42.5 Å². The van der Waals surface area contributed by atoms with Crippen LogP contribution in [0.3, 0.4) is 0 Å². The monoisotopic (exact) mass is 390 g/mol. The third-order valence-corrected chi connectivity index (χ3v) is 5.16. The van der Waals surface area contributed by atoms with Gasteiger partial charge in [-0.05, 0) is 49.7 Å². The number of hydrogen-bond donors (Lipinski definition) is 1. The number of nitrogens with one attached hydrogen (secondary N) is 1. The van der Waals surface area contributed by atoms with Crippen molar-refractivity contribution in [1.82, 2.24) is 0 Å². The van der Waals surface area contributed by atoms with E-state index in [0.29, 0.717) is 16.8 Å². The number of ether oxygens (including phenoxy) is 1. The molecule has 27 heavy (non-hydrogen) atoms. The van der Waals surface area contributed by atoms with E-state index in [9.17, 15) is 18.0 Å². The predicted octanol–water partition coefficient (Wildman–Crippen LogP) is 2.82. The molecule has 0 radical (unpaired) electrons. The Morgan fingerprint density at radius 1 is 1.15 bits per heavy atom. The molecule has 2 rings (SSSR count). The molecule has 0 saturated carbocycles. The van der Waals surface area contributed by atoms with E-state index in [-0.39, 0.29) is 17.9 Å². The number of amides is 1. The summed E-state index contributed by atoms with van der Waals surface area (Å²) >= 11 is 0. The molecule has 0 saturated heterocycles. The first-order chi connectivity index (χ1) is 12.6. The van der Waals surface area contributed by atoms with E-state index in [1.807, 2.05) is 0 Å². The van der Waals surface area contributed by atoms with Gasteiger partial charge in [0.1, 0.15) is 0 Å². The van der Waals surface area contributed by atoms with E-state index in [4.69, 9.17) is 4.74 Å². The summed E-state index contributed by atoms with van der Waals surface area (Å²) in [5.41, 5.74) is 2.09. The maximum absolute atomic E-state index is 12.7. The van der Waals surface area contributed by atoms with Crippen molar-refractivity contribution in [3.63, 3.8) is 0 Å². The fraction of sp³-hybridized carbons (Fsp3) is 0.263. The highest BCUT2D eigenvalue weighted by Crippen LogP contribution is 2.24. The summed E-state index contributed by atoms with van der Waals surface area (Å²) in [6, 6.07) is 11.2. The van der Waals surface area contributed by atoms with Crippen LogP contribution in [-0.2, 0) is 14.8 Å². The first kappa shape index (κ1) is 20.4. The lowest BCUT2D eigenvalue weighted by molar-refractivity contribution is 0.0526. The second-order valence-corrected chi connectivity index (χ2v) is 7.97. The molecule has 1 amide bonds. The Bertz CT molecular complexity index is 970. The Morgan fingerprint density at radius 2 is 1.81 bits per heavy atom. The quantitative estimate of drug-likeness (QED) is 0.766. The fourth-order valence-corrected chi connectivity index (χ4v) is 2.97. The van der Waals surface area contributed by atoms with Gasteiger partial charge in [-0.15, -0.1) is 0 Å². The van der Waals surface area contributed by atoms with Gasteiger partial charge in [0.2, 0.25) is 10.0 Å². The highest BCUT2D eigenvalue weighted by Gasteiger charge is 2.20. The van der Waals surface area contributed by atoms with Crippen molar-refractivity contribution in [2.24, 2.45) is 0 Å². The molecule has 2 aromatic rings. The minimum absolute atomic E-state index is 0.222. The molecule has 0 aliphatic heterocycles. The lowest BCUT2D eigenvalue weighted by Crippen LogP contribution is -2.27. The van der Waals surface area contributed by atoms with Crippen molar-refractivity contribution in [2.75, 3.05) is 29.5 Å². The number of hydrogen-bond acceptors (Lipinski definition) is 5. The number of aryl methyl sites for hydroxylation is 1. The zero-order chi connectivity index (χ0) is 20.2. The zero-order valence-corrected chi connectivity index (χ0v) is 16.5. The minimum Gasteiger partial charge on any atom is -0.462 e. The first-order valence-corrected chi connectivity index (χ1v) is 10.1. The zero-order valence-electron chi connectivity index (χ0n) is 15.6. The average molecular weight is 390 g/mol. The molecule has 7 nitrogen and oxygen atoms in total. The van der Waals surface area contributed by atoms with E-state index in [2.05, 4.69) is 5.32 Å². The van der Waals surface area contributed by atoms with Crippen molar-refractivity contribution in [3.8, 4) is 0 Å². The number of carbonyl (C=O) groups is 2. The summed E-state index contributed by atoms with van der Waals surface area (Å²) < 4.78 is 29.7. The van der Waals surface area contributed by atoms with Gasteiger partial charge in [0, 0.05) is 12.7 Å². The van der Waals surface area contributed by atoms with Gasteiger partial charge in [-0.1, -0.05) is 12.1 Å². The molecule has 0 aliphatic rings. The van der Waals surface area contributed by atoms with Gasteiger partial charge in [-0.3, -0.25) is 9.10 Å². The van der Waals surface area contributed by atoms with Crippen molar-refractivity contribution >= 4 is 33.3 Å². The van der Waals surface area contributed by atoms with Gasteiger partial charge in [-0.25, -0.2) is 13.2 Å². The maximum atomic E-state index is 12.7. The molecule has 0 aromatic heterocycles. The third kappa shape index (κ3) is 4.85. The molecule has 0 fully saturated rings. The predicted molar refractivity (Wildman–Crippen MR) is 105 cm³/mol. The van der Waals surface area contributed by atoms with Gasteiger partial charge >= 0.3 is 5.97 Å². The highest BCUT2D eigenvalue weighted by atomic mass is 32.2. The molecule has 0 bridgehead atoms. The van der Waals surface area contributed by atoms with Crippen LogP contribution in [0.5, 0.6) is 0 Å². The van der Waals surface area contributed by atoms with E-state index < -0.39 is 21.9 Å². The number of carbonyl (C=O) groups excluding carboxylic acids is 2. The van der Waals surface area contributed by atoms with E-state index in [0.717, 1.165) is 10.6 Å². The van der Waals surface area contributed by atoms with Crippen LogP contribution < -0.4 is 9.62 Å². The Labute approximate surface area is 159 Å². The van der Waals surface area contributed by atoms with Crippen molar-refractivity contribution < 1.29 is 22.7 Å². The van der Waals surface area contributed by atoms with Crippen LogP contribution in [0.1, 0.15) is 33.2 Å². The fourth-order valence-electron chi connectivity index (χ4n) is 2.45. The Kier molecular flexibility index (Phi) is 6.22. The lowest BCUT2D eigenvalue weighted by Gasteiger charge is -2.20. The van der Waals surface area contributed by atoms with Crippen LogP contribution in [0.2, 0.25) is 0 Å². The average Bonchev–Trinajstić information content (AvgIpc) is 2.62. The molecule has 0 aliphatic carbocycles. The second kappa shape index (κ2) is 8.22. The van der Waals surface area contributed by atoms with Crippen LogP contribution >= 0.6 is 0 Å². The number of sulfonamides is 1. The van der Waals surface area contributed by atoms with Gasteiger partial charge in [-0.2, -0.15) is 0 Å². The Morgan fingerprint density at radius 3 is 2.41 bits per heavy atom. The van der Waals surface area contributed by atoms with Crippen LogP contribution in [0, 0.1) is 6.92 Å². The Hall–Kier alpha value is -2.87. The molecular weight excluding hydrogens is 368 g/mol. The molecule has 2 aromatic carbocycles. The number of benzene rings is 2. The number of esters is 1. The number of rotatable bonds is 6. The summed E-state index contributed by atoms with van der Waals surface area (Å²) in [6.07, 6.45) is 1.07. The number of para-hydroxylation sites is 1. The van der Waals surface area contributed by atoms with Gasteiger partial charge < -0.3 is 10.1 Å². The van der Waals surface area contributed by atoms with Crippen molar-refractivity contribution in [1.29, 1.82) is 0 Å². The molecule has 0 heterocycles. The molecule has 0 atom stereocenters. The number of nitrogens with zero attached hydrogens (tertiary/aromatic N) is 1. The van der Waals surface area contributed by atoms with Crippen LogP contribution in [0.25, 0.3) is 0 Å². The standard InChI is InChI=1S/C19H22N2O5S/c1-5-26-19(23)14-10-11-16(13(2)12-14)20-18(22)15-8-6-7-9-17(15)21(3)27(4,24)25/h6-12H,5H2,1-4H3,(H,20,22). The maximum Gasteiger partial charge on any atom is 0.338 e. The molecule has 8 heteroatoms. The second-order valence-electron chi connectivity index (χ2n) is 5.95. The summed E-state index contributed by atoms with van der Waals surface area (Å²) in [5.74, 6) is -0.883. The molecule has 1 N–H and O–H groups in total. The van der Waals surface area contributed by atoms with Gasteiger partial charge in [0.05, 0.1) is 29.7 Å². The van der Waals surface area contributed by atoms with Gasteiger partial charge in [0.15, 0.2) is 0 Å². The summed E-state index contributed by atoms with van der Waals surface area (Å²) in [4.78, 5) is 24.5. The largest absolute Gasteiger partial charge is 0.462 e. The Balaban J connectivity index is 2.30. The van der Waals surface area contributed by atoms with Gasteiger partial charge in [0.25, 0.3) is 5.91 Å². The third-order valence-electron chi connectivity index (χ3n) is 3.97. The molecular formula is C19H22N2O5S. The number of anilines is 2. The summed E-state index contributed by atoms with van der Waals surface area (Å²) in [5, 5.41) is 2.76. The SMILES string of the molecule is CCOC(=O)c1ccc(NC(=O)c2ccccc2N(C)S(C)(=O)=O)c(C)c1. The van der Waals surface area contributed by atoms with Crippen LogP contribution in [0.4, 0.5) is 11.4 Å². The smallest absolute Gasteiger partial charge is 0.338 e. The minimum atomic E-state index is -3.51. The normalized spacial score (nSPS) is 11.0. The molecule has 0 unspecified atom stereocenters. The van der Waals surface area contributed by atoms with Crippen molar-refractivity contribution in [2.45, 2.75) is 13.8 Å². The lowest BCUT2D eigenvalue weighted by atomic mass is 10.1. The van der Waals surface area contributed by atoms with E-state index in [1.54, 1.807) is 56.3 Å². The summed E-state index contributed by atoms with van der Waals surface area (Å²) in [7, 11) is -2.12. The van der Waals surface area contributed by atoms with E-state index >= 15 is 0 Å². The molecule has 144 valence electrons. The first-order valence-electron chi connectivity index (χ1n) is 8.27. The van der Waals surface area contributed by atoms with Crippen LogP contribution in [-0.4, -0.2) is 40.2 Å². The van der Waals surface area contributed by atoms with Crippen molar-refractivity contribution in [3.05, 3.63) is 59.2 Å². The highest BCUT2D eigenvalue weighted by molar-refractivity contribution is 7.92. The summed E-state index contributed by atoms with van der Waals surface area (Å²) in [6.45, 7) is 3.76.